The molecule has 0 saturated carbocycles. The van der Waals surface area contributed by atoms with Crippen molar-refractivity contribution >= 4 is 11.8 Å². The van der Waals surface area contributed by atoms with Crippen LogP contribution < -0.4 is 6.15 Å². The average molecular weight is 271 g/mol. The maximum absolute atomic E-state index is 2.26. The van der Waals surface area contributed by atoms with Gasteiger partial charge in [-0.15, -0.1) is 0 Å². The fraction of sp³-hybridized carbons (Fsp3) is 0.294. The van der Waals surface area contributed by atoms with Gasteiger partial charge in [0.1, 0.15) is 0 Å². The first kappa shape index (κ1) is 14.2. The van der Waals surface area contributed by atoms with Crippen molar-refractivity contribution in [1.29, 1.82) is 0 Å². The second-order valence-electron chi connectivity index (χ2n) is 5.11. The van der Waals surface area contributed by atoms with Crippen molar-refractivity contribution in [2.75, 3.05) is 5.75 Å². The number of benzene rings is 2. The van der Waals surface area contributed by atoms with E-state index in [0.29, 0.717) is 4.75 Å². The summed E-state index contributed by atoms with van der Waals surface area (Å²) in [6, 6.07) is 21.8. The van der Waals surface area contributed by atoms with E-state index >= 15 is 0 Å². The zero-order chi connectivity index (χ0) is 12.3. The Kier molecular flexibility index (Phi) is 4.67. The van der Waals surface area contributed by atoms with E-state index in [1.807, 2.05) is 0 Å². The summed E-state index contributed by atoms with van der Waals surface area (Å²) in [6.07, 6.45) is 3.75. The zero-order valence-corrected chi connectivity index (χ0v) is 12.0. The Morgan fingerprint density at radius 3 is 1.53 bits per heavy atom. The van der Waals surface area contributed by atoms with E-state index in [9.17, 15) is 0 Å². The third-order valence-electron chi connectivity index (χ3n) is 3.70. The predicted molar refractivity (Wildman–Crippen MR) is 85.1 cm³/mol. The van der Waals surface area contributed by atoms with Crippen LogP contribution in [-0.2, 0) is 12.8 Å². The molecule has 0 aromatic heterocycles. The summed E-state index contributed by atoms with van der Waals surface area (Å²) in [6.45, 7) is 0. The molecule has 1 fully saturated rings. The highest BCUT2D eigenvalue weighted by molar-refractivity contribution is 8.02. The van der Waals surface area contributed by atoms with E-state index in [1.165, 1.54) is 36.1 Å². The minimum atomic E-state index is 0. The summed E-state index contributed by atoms with van der Waals surface area (Å²) in [5.74, 6) is 1.32. The minimum absolute atomic E-state index is 0. The van der Waals surface area contributed by atoms with Crippen molar-refractivity contribution in [1.82, 2.24) is 6.15 Å². The van der Waals surface area contributed by atoms with Gasteiger partial charge in [0.25, 0.3) is 0 Å². The lowest BCUT2D eigenvalue weighted by Crippen LogP contribution is -2.39. The van der Waals surface area contributed by atoms with Gasteiger partial charge >= 0.3 is 0 Å². The van der Waals surface area contributed by atoms with E-state index < -0.39 is 0 Å². The highest BCUT2D eigenvalue weighted by atomic mass is 32.2. The molecule has 1 aliphatic heterocycles. The number of hydrogen-bond acceptors (Lipinski definition) is 2. The molecule has 0 spiro atoms. The van der Waals surface area contributed by atoms with Gasteiger partial charge in [0.2, 0.25) is 0 Å². The second-order valence-corrected chi connectivity index (χ2v) is 6.67. The molecule has 0 amide bonds. The van der Waals surface area contributed by atoms with Crippen LogP contribution in [0.25, 0.3) is 0 Å². The first-order valence-electron chi connectivity index (χ1n) is 6.58. The lowest BCUT2D eigenvalue weighted by molar-refractivity contribution is 0.530. The summed E-state index contributed by atoms with van der Waals surface area (Å²) in [5.41, 5.74) is 2.95. The number of thioether (sulfide) groups is 1. The topological polar surface area (TPSA) is 35.0 Å². The molecular weight excluding hydrogens is 250 g/mol. The SMILES string of the molecule is N.c1ccc(CC2(Cc3ccccc3)CCS2)cc1. The van der Waals surface area contributed by atoms with Crippen LogP contribution in [-0.4, -0.2) is 10.5 Å². The van der Waals surface area contributed by atoms with Crippen LogP contribution in [0.3, 0.4) is 0 Å². The van der Waals surface area contributed by atoms with Crippen LogP contribution in [0.4, 0.5) is 0 Å². The van der Waals surface area contributed by atoms with Gasteiger partial charge in [-0.05, 0) is 36.1 Å². The van der Waals surface area contributed by atoms with E-state index in [0.717, 1.165) is 0 Å². The second kappa shape index (κ2) is 6.27. The largest absolute Gasteiger partial charge is 0.344 e. The average Bonchev–Trinajstić information content (AvgIpc) is 2.39. The van der Waals surface area contributed by atoms with Crippen LogP contribution in [0.5, 0.6) is 0 Å². The molecule has 3 N–H and O–H groups in total. The molecule has 0 aliphatic carbocycles. The third-order valence-corrected chi connectivity index (χ3v) is 5.22. The lowest BCUT2D eigenvalue weighted by Gasteiger charge is -2.41. The molecule has 3 rings (SSSR count). The van der Waals surface area contributed by atoms with Gasteiger partial charge in [-0.1, -0.05) is 60.7 Å². The molecule has 1 saturated heterocycles. The molecule has 1 nitrogen and oxygen atoms in total. The molecule has 0 bridgehead atoms. The van der Waals surface area contributed by atoms with E-state index in [2.05, 4.69) is 72.4 Å². The zero-order valence-electron chi connectivity index (χ0n) is 11.2. The lowest BCUT2D eigenvalue weighted by atomic mass is 9.88. The summed E-state index contributed by atoms with van der Waals surface area (Å²) in [5, 5.41) is 0. The molecule has 1 heterocycles. The van der Waals surface area contributed by atoms with Gasteiger partial charge in [0.05, 0.1) is 0 Å². The van der Waals surface area contributed by atoms with Gasteiger partial charge < -0.3 is 6.15 Å². The fourth-order valence-corrected chi connectivity index (χ4v) is 3.99. The fourth-order valence-electron chi connectivity index (χ4n) is 2.67. The van der Waals surface area contributed by atoms with Crippen molar-refractivity contribution < 1.29 is 0 Å². The smallest absolute Gasteiger partial charge is 0.0248 e. The molecular formula is C17H21NS. The standard InChI is InChI=1S/C17H18S.H3N/c1-3-7-15(8-4-1)13-17(11-12-18-17)14-16-9-5-2-6-10-16;/h1-10H,11-14H2;1H3. The first-order chi connectivity index (χ1) is 8.86. The summed E-state index contributed by atoms with van der Waals surface area (Å²) in [4.78, 5) is 0. The van der Waals surface area contributed by atoms with Crippen LogP contribution in [0.15, 0.2) is 60.7 Å². The molecule has 1 aliphatic rings. The highest BCUT2D eigenvalue weighted by Crippen LogP contribution is 2.45. The van der Waals surface area contributed by atoms with Crippen LogP contribution in [0.1, 0.15) is 17.5 Å². The summed E-state index contributed by atoms with van der Waals surface area (Å²) >= 11 is 2.14. The van der Waals surface area contributed by atoms with Crippen molar-refractivity contribution in [2.45, 2.75) is 24.0 Å². The monoisotopic (exact) mass is 271 g/mol. The third kappa shape index (κ3) is 3.40. The molecule has 2 aromatic rings. The number of hydrogen-bond donors (Lipinski definition) is 1. The summed E-state index contributed by atoms with van der Waals surface area (Å²) in [7, 11) is 0. The Morgan fingerprint density at radius 1 is 0.789 bits per heavy atom. The maximum atomic E-state index is 2.26. The Balaban J connectivity index is 0.00000133. The van der Waals surface area contributed by atoms with E-state index in [1.54, 1.807) is 0 Å². The Morgan fingerprint density at radius 2 is 1.21 bits per heavy atom. The Hall–Kier alpha value is -1.25. The van der Waals surface area contributed by atoms with Crippen LogP contribution in [0.2, 0.25) is 0 Å². The van der Waals surface area contributed by atoms with Crippen LogP contribution >= 0.6 is 11.8 Å². The van der Waals surface area contributed by atoms with Gasteiger partial charge in [0, 0.05) is 4.75 Å². The number of rotatable bonds is 4. The van der Waals surface area contributed by atoms with Gasteiger partial charge in [-0.25, -0.2) is 0 Å². The molecule has 2 aromatic carbocycles. The van der Waals surface area contributed by atoms with Gasteiger partial charge in [0.15, 0.2) is 0 Å². The molecule has 2 heteroatoms. The molecule has 0 unspecified atom stereocenters. The molecule has 100 valence electrons. The Bertz CT molecular complexity index is 448. The maximum Gasteiger partial charge on any atom is 0.0248 e. The first-order valence-corrected chi connectivity index (χ1v) is 7.57. The minimum Gasteiger partial charge on any atom is -0.344 e. The Labute approximate surface area is 120 Å². The van der Waals surface area contributed by atoms with Crippen molar-refractivity contribution in [3.8, 4) is 0 Å². The van der Waals surface area contributed by atoms with Gasteiger partial charge in [-0.3, -0.25) is 0 Å². The quantitative estimate of drug-likeness (QED) is 0.888. The molecule has 0 atom stereocenters. The normalized spacial score (nSPS) is 16.2. The van der Waals surface area contributed by atoms with Crippen molar-refractivity contribution in [3.05, 3.63) is 71.8 Å². The molecule has 0 radical (unpaired) electrons. The predicted octanol–water partition coefficient (Wildman–Crippen LogP) is 4.51. The van der Waals surface area contributed by atoms with E-state index in [-0.39, 0.29) is 6.15 Å². The summed E-state index contributed by atoms with van der Waals surface area (Å²) < 4.78 is 0.447. The van der Waals surface area contributed by atoms with Gasteiger partial charge in [-0.2, -0.15) is 11.8 Å². The van der Waals surface area contributed by atoms with Crippen molar-refractivity contribution in [2.24, 2.45) is 0 Å². The van der Waals surface area contributed by atoms with E-state index in [4.69, 9.17) is 0 Å². The molecule has 19 heavy (non-hydrogen) atoms. The van der Waals surface area contributed by atoms with Crippen LogP contribution in [0, 0.1) is 0 Å². The van der Waals surface area contributed by atoms with Crippen molar-refractivity contribution in [3.63, 3.8) is 0 Å². The highest BCUT2D eigenvalue weighted by Gasteiger charge is 2.37.